The van der Waals surface area contributed by atoms with Gasteiger partial charge in [0.15, 0.2) is 0 Å². The lowest BCUT2D eigenvalue weighted by Gasteiger charge is -2.22. The molecule has 1 aliphatic carbocycles. The highest BCUT2D eigenvalue weighted by atomic mass is 15.1. The normalized spacial score (nSPS) is 24.4. The zero-order chi connectivity index (χ0) is 14.1. The molecule has 0 aromatic heterocycles. The van der Waals surface area contributed by atoms with E-state index in [1.54, 1.807) is 0 Å². The molecule has 0 aromatic rings. The molecule has 0 radical (unpaired) electrons. The fraction of sp³-hybridized carbons (Fsp3) is 0.938. The number of hydrogen-bond acceptors (Lipinski definition) is 3. The molecule has 0 aliphatic heterocycles. The Kier molecular flexibility index (Phi) is 8.09. The van der Waals surface area contributed by atoms with Crippen LogP contribution in [-0.4, -0.2) is 37.1 Å². The highest BCUT2D eigenvalue weighted by Gasteiger charge is 2.22. The smallest absolute Gasteiger partial charge is 0.0672 e. The summed E-state index contributed by atoms with van der Waals surface area (Å²) >= 11 is 0. The van der Waals surface area contributed by atoms with Crippen molar-refractivity contribution in [3.8, 4) is 6.07 Å². The molecule has 0 heterocycles. The zero-order valence-electron chi connectivity index (χ0n) is 13.0. The van der Waals surface area contributed by atoms with Gasteiger partial charge in [-0.2, -0.15) is 5.26 Å². The maximum atomic E-state index is 9.23. The van der Waals surface area contributed by atoms with Crippen molar-refractivity contribution in [1.82, 2.24) is 10.2 Å². The third-order valence-electron chi connectivity index (χ3n) is 4.41. The fourth-order valence-corrected chi connectivity index (χ4v) is 2.74. The fourth-order valence-electron chi connectivity index (χ4n) is 2.74. The van der Waals surface area contributed by atoms with Gasteiger partial charge >= 0.3 is 0 Å². The molecule has 1 fully saturated rings. The zero-order valence-corrected chi connectivity index (χ0v) is 13.0. The molecule has 110 valence electrons. The molecule has 0 spiro atoms. The molecule has 3 nitrogen and oxygen atoms in total. The van der Waals surface area contributed by atoms with Crippen LogP contribution in [0.15, 0.2) is 0 Å². The van der Waals surface area contributed by atoms with E-state index in [-0.39, 0.29) is 5.92 Å². The summed E-state index contributed by atoms with van der Waals surface area (Å²) in [4.78, 5) is 2.39. The van der Waals surface area contributed by atoms with Gasteiger partial charge in [0, 0.05) is 12.1 Å². The van der Waals surface area contributed by atoms with Crippen molar-refractivity contribution < 1.29 is 0 Å². The predicted molar refractivity (Wildman–Crippen MR) is 81.0 cm³/mol. The highest BCUT2D eigenvalue weighted by Crippen LogP contribution is 2.22. The van der Waals surface area contributed by atoms with Crippen LogP contribution in [0.5, 0.6) is 0 Å². The van der Waals surface area contributed by atoms with E-state index < -0.39 is 0 Å². The maximum Gasteiger partial charge on any atom is 0.0672 e. The summed E-state index contributed by atoms with van der Waals surface area (Å²) in [6.07, 6.45) is 8.54. The molecular formula is C16H31N3. The van der Waals surface area contributed by atoms with E-state index in [0.717, 1.165) is 13.0 Å². The first kappa shape index (κ1) is 16.5. The van der Waals surface area contributed by atoms with E-state index >= 15 is 0 Å². The third kappa shape index (κ3) is 6.40. The molecule has 0 saturated heterocycles. The Hall–Kier alpha value is -0.590. The van der Waals surface area contributed by atoms with Crippen LogP contribution in [0.2, 0.25) is 0 Å². The number of nitriles is 1. The molecule has 0 bridgehead atoms. The van der Waals surface area contributed by atoms with Crippen LogP contribution in [0, 0.1) is 17.2 Å². The highest BCUT2D eigenvalue weighted by molar-refractivity contribution is 4.93. The molecule has 1 aliphatic rings. The van der Waals surface area contributed by atoms with Crippen molar-refractivity contribution in [3.05, 3.63) is 0 Å². The van der Waals surface area contributed by atoms with Crippen LogP contribution in [0.1, 0.15) is 58.8 Å². The minimum absolute atomic E-state index is 0.237. The second-order valence-corrected chi connectivity index (χ2v) is 6.22. The van der Waals surface area contributed by atoms with E-state index in [0.29, 0.717) is 12.1 Å². The van der Waals surface area contributed by atoms with Gasteiger partial charge in [0.05, 0.1) is 12.0 Å². The Morgan fingerprint density at radius 3 is 2.63 bits per heavy atom. The molecule has 1 rings (SSSR count). The lowest BCUT2D eigenvalue weighted by Crippen LogP contribution is -2.36. The summed E-state index contributed by atoms with van der Waals surface area (Å²) in [5.74, 6) is 0.237. The molecule has 1 N–H and O–H groups in total. The summed E-state index contributed by atoms with van der Waals surface area (Å²) in [5.41, 5.74) is 0. The number of rotatable bonds is 7. The van der Waals surface area contributed by atoms with Crippen LogP contribution in [0.25, 0.3) is 0 Å². The topological polar surface area (TPSA) is 39.1 Å². The summed E-state index contributed by atoms with van der Waals surface area (Å²) in [5, 5.41) is 12.9. The van der Waals surface area contributed by atoms with Gasteiger partial charge in [-0.15, -0.1) is 0 Å². The minimum Gasteiger partial charge on any atom is -0.313 e. The second kappa shape index (κ2) is 9.34. The quantitative estimate of drug-likeness (QED) is 0.567. The van der Waals surface area contributed by atoms with Gasteiger partial charge in [0.2, 0.25) is 0 Å². The number of nitrogens with zero attached hydrogens (tertiary/aromatic N) is 2. The van der Waals surface area contributed by atoms with Crippen molar-refractivity contribution in [1.29, 1.82) is 5.26 Å². The Labute approximate surface area is 119 Å². The van der Waals surface area contributed by atoms with Gasteiger partial charge in [0.25, 0.3) is 0 Å². The first-order chi connectivity index (χ1) is 9.15. The van der Waals surface area contributed by atoms with E-state index in [1.807, 2.05) is 0 Å². The van der Waals surface area contributed by atoms with Crippen LogP contribution >= 0.6 is 0 Å². The molecule has 19 heavy (non-hydrogen) atoms. The summed E-state index contributed by atoms with van der Waals surface area (Å²) in [7, 11) is 2.19. The average molecular weight is 265 g/mol. The van der Waals surface area contributed by atoms with Crippen LogP contribution in [-0.2, 0) is 0 Å². The van der Waals surface area contributed by atoms with Crippen LogP contribution < -0.4 is 5.32 Å². The lowest BCUT2D eigenvalue weighted by molar-refractivity contribution is 0.266. The van der Waals surface area contributed by atoms with Crippen molar-refractivity contribution >= 4 is 0 Å². The molecular weight excluding hydrogens is 234 g/mol. The van der Waals surface area contributed by atoms with Gasteiger partial charge < -0.3 is 10.2 Å². The molecule has 0 amide bonds. The van der Waals surface area contributed by atoms with Gasteiger partial charge in [0.1, 0.15) is 0 Å². The average Bonchev–Trinajstić information content (AvgIpc) is 2.62. The van der Waals surface area contributed by atoms with E-state index in [9.17, 15) is 5.26 Å². The molecule has 2 unspecified atom stereocenters. The summed E-state index contributed by atoms with van der Waals surface area (Å²) < 4.78 is 0. The third-order valence-corrected chi connectivity index (χ3v) is 4.41. The van der Waals surface area contributed by atoms with Crippen molar-refractivity contribution in [2.75, 3.05) is 20.1 Å². The first-order valence-electron chi connectivity index (χ1n) is 7.98. The molecule has 2 atom stereocenters. The van der Waals surface area contributed by atoms with E-state index in [2.05, 4.69) is 37.2 Å². The number of unbranched alkanes of at least 4 members (excludes halogenated alkanes) is 1. The van der Waals surface area contributed by atoms with Crippen molar-refractivity contribution in [2.45, 2.75) is 70.9 Å². The standard InChI is InChI=1S/C16H31N3/c1-14(2)19(3)12-8-7-11-18-16-10-6-4-5-9-15(16)13-17/h14-16,18H,4-12H2,1-3H3. The van der Waals surface area contributed by atoms with Gasteiger partial charge in [-0.05, 0) is 59.7 Å². The van der Waals surface area contributed by atoms with E-state index in [4.69, 9.17) is 0 Å². The lowest BCUT2D eigenvalue weighted by atomic mass is 9.96. The van der Waals surface area contributed by atoms with Crippen molar-refractivity contribution in [2.24, 2.45) is 5.92 Å². The van der Waals surface area contributed by atoms with Crippen molar-refractivity contribution in [3.63, 3.8) is 0 Å². The Bertz CT molecular complexity index is 270. The van der Waals surface area contributed by atoms with Gasteiger partial charge in [-0.3, -0.25) is 0 Å². The molecule has 0 aromatic carbocycles. The summed E-state index contributed by atoms with van der Waals surface area (Å²) in [6.45, 7) is 6.71. The molecule has 3 heteroatoms. The monoisotopic (exact) mass is 265 g/mol. The molecule has 1 saturated carbocycles. The Morgan fingerprint density at radius 2 is 1.95 bits per heavy atom. The van der Waals surface area contributed by atoms with Gasteiger partial charge in [-0.1, -0.05) is 19.3 Å². The van der Waals surface area contributed by atoms with E-state index in [1.165, 1.54) is 45.1 Å². The Balaban J connectivity index is 2.15. The maximum absolute atomic E-state index is 9.23. The summed E-state index contributed by atoms with van der Waals surface area (Å²) in [6, 6.07) is 3.57. The van der Waals surface area contributed by atoms with Gasteiger partial charge in [-0.25, -0.2) is 0 Å². The Morgan fingerprint density at radius 1 is 1.21 bits per heavy atom. The second-order valence-electron chi connectivity index (χ2n) is 6.22. The van der Waals surface area contributed by atoms with Crippen LogP contribution in [0.3, 0.4) is 0 Å². The largest absolute Gasteiger partial charge is 0.313 e. The minimum atomic E-state index is 0.237. The number of nitrogens with one attached hydrogen (secondary N) is 1. The predicted octanol–water partition coefficient (Wildman–Crippen LogP) is 3.17. The number of hydrogen-bond donors (Lipinski definition) is 1. The SMILES string of the molecule is CC(C)N(C)CCCCNC1CCCCCC1C#N. The first-order valence-corrected chi connectivity index (χ1v) is 7.98. The van der Waals surface area contributed by atoms with Crippen LogP contribution in [0.4, 0.5) is 0 Å².